The fourth-order valence-electron chi connectivity index (χ4n) is 5.19. The lowest BCUT2D eigenvalue weighted by molar-refractivity contribution is -0.141. The minimum atomic E-state index is -1.12. The molecule has 1 aliphatic heterocycles. The molecule has 1 heterocycles. The van der Waals surface area contributed by atoms with Gasteiger partial charge in [0.1, 0.15) is 12.1 Å². The summed E-state index contributed by atoms with van der Waals surface area (Å²) in [5, 5.41) is 10.3. The Labute approximate surface area is 199 Å². The maximum atomic E-state index is 13.9. The highest BCUT2D eigenvalue weighted by Crippen LogP contribution is 2.42. The molecule has 2 aliphatic rings. The highest BCUT2D eigenvalue weighted by molar-refractivity contribution is 6.01. The van der Waals surface area contributed by atoms with Gasteiger partial charge in [-0.15, -0.1) is 0 Å². The fourth-order valence-corrected chi connectivity index (χ4v) is 5.19. The molecule has 4 rings (SSSR count). The van der Waals surface area contributed by atoms with Crippen LogP contribution in [0, 0.1) is 5.92 Å². The molecule has 0 saturated carbocycles. The maximum Gasteiger partial charge on any atom is 0.414 e. The van der Waals surface area contributed by atoms with Crippen LogP contribution < -0.4 is 10.6 Å². The molecule has 2 aromatic carbocycles. The number of nitrogens with two attached hydrogens (primary N) is 1. The number of primary amides is 1. The van der Waals surface area contributed by atoms with Crippen molar-refractivity contribution in [2.45, 2.75) is 51.3 Å². The van der Waals surface area contributed by atoms with Crippen molar-refractivity contribution >= 4 is 23.6 Å². The van der Waals surface area contributed by atoms with E-state index in [1.54, 1.807) is 0 Å². The molecule has 180 valence electrons. The zero-order chi connectivity index (χ0) is 24.6. The van der Waals surface area contributed by atoms with Gasteiger partial charge in [-0.2, -0.15) is 0 Å². The van der Waals surface area contributed by atoms with Gasteiger partial charge >= 0.3 is 6.09 Å². The van der Waals surface area contributed by atoms with E-state index in [9.17, 15) is 19.5 Å². The van der Waals surface area contributed by atoms with Crippen LogP contribution in [0.1, 0.15) is 37.8 Å². The summed E-state index contributed by atoms with van der Waals surface area (Å²) < 4.78 is 5.16. The predicted octanol–water partition coefficient (Wildman–Crippen LogP) is 2.69. The summed E-state index contributed by atoms with van der Waals surface area (Å²) in [5.41, 5.74) is 10.3. The van der Waals surface area contributed by atoms with Crippen LogP contribution in [-0.2, 0) is 20.7 Å². The van der Waals surface area contributed by atoms with E-state index in [2.05, 4.69) is 6.07 Å². The number of hydrogen-bond donors (Lipinski definition) is 2. The van der Waals surface area contributed by atoms with Crippen molar-refractivity contribution in [1.29, 1.82) is 0 Å². The first kappa shape index (κ1) is 23.8. The lowest BCUT2D eigenvalue weighted by Crippen LogP contribution is -2.58. The average molecular weight is 466 g/mol. The predicted molar refractivity (Wildman–Crippen MR) is 128 cm³/mol. The quantitative estimate of drug-likeness (QED) is 0.581. The summed E-state index contributed by atoms with van der Waals surface area (Å²) in [6.07, 6.45) is -0.194. The Morgan fingerprint density at radius 1 is 1.18 bits per heavy atom. The lowest BCUT2D eigenvalue weighted by atomic mass is 9.94. The van der Waals surface area contributed by atoms with E-state index >= 15 is 0 Å². The van der Waals surface area contributed by atoms with Crippen LogP contribution in [-0.4, -0.2) is 59.8 Å². The normalized spacial score (nSPS) is 20.3. The number of fused-ring (bicyclic) bond motifs is 3. The van der Waals surface area contributed by atoms with E-state index in [-0.39, 0.29) is 18.9 Å². The first-order valence-corrected chi connectivity index (χ1v) is 11.6. The summed E-state index contributed by atoms with van der Waals surface area (Å²) in [7, 11) is 1.29. The van der Waals surface area contributed by atoms with E-state index in [1.165, 1.54) is 16.9 Å². The number of carbonyl (C=O) groups excluding carboxylic acids is 3. The number of methoxy groups -OCH3 is 1. The van der Waals surface area contributed by atoms with Gasteiger partial charge in [0, 0.05) is 13.0 Å². The smallest absolute Gasteiger partial charge is 0.414 e. The summed E-state index contributed by atoms with van der Waals surface area (Å²) in [6.45, 7) is 4.02. The van der Waals surface area contributed by atoms with Crippen LogP contribution in [0.4, 0.5) is 10.5 Å². The van der Waals surface area contributed by atoms with Crippen LogP contribution >= 0.6 is 0 Å². The third-order valence-corrected chi connectivity index (χ3v) is 7.11. The van der Waals surface area contributed by atoms with Crippen LogP contribution in [0.25, 0.3) is 11.1 Å². The van der Waals surface area contributed by atoms with Crippen molar-refractivity contribution in [3.63, 3.8) is 0 Å². The van der Waals surface area contributed by atoms with E-state index in [0.717, 1.165) is 22.3 Å². The van der Waals surface area contributed by atoms with Crippen molar-refractivity contribution in [2.24, 2.45) is 11.7 Å². The number of anilines is 1. The first-order chi connectivity index (χ1) is 16.3. The van der Waals surface area contributed by atoms with Crippen molar-refractivity contribution in [2.75, 3.05) is 18.6 Å². The van der Waals surface area contributed by atoms with Gasteiger partial charge in [0.15, 0.2) is 0 Å². The Hall–Kier alpha value is -3.39. The molecule has 1 saturated heterocycles. The number of aliphatic hydroxyl groups is 1. The number of hydrogen-bond acceptors (Lipinski definition) is 5. The van der Waals surface area contributed by atoms with E-state index in [0.29, 0.717) is 18.5 Å². The van der Waals surface area contributed by atoms with Gasteiger partial charge in [-0.1, -0.05) is 56.7 Å². The molecule has 0 spiro atoms. The molecule has 0 radical (unpaired) electrons. The van der Waals surface area contributed by atoms with Gasteiger partial charge in [-0.3, -0.25) is 14.5 Å². The first-order valence-electron chi connectivity index (χ1n) is 11.6. The molecule has 8 nitrogen and oxygen atoms in total. The molecule has 0 unspecified atom stereocenters. The van der Waals surface area contributed by atoms with Gasteiger partial charge in [0.05, 0.1) is 18.9 Å². The molecular weight excluding hydrogens is 434 g/mol. The van der Waals surface area contributed by atoms with Crippen molar-refractivity contribution in [1.82, 2.24) is 4.90 Å². The lowest BCUT2D eigenvalue weighted by Gasteiger charge is -2.37. The summed E-state index contributed by atoms with van der Waals surface area (Å²) >= 11 is 0. The largest absolute Gasteiger partial charge is 0.452 e. The zero-order valence-electron chi connectivity index (χ0n) is 19.7. The second-order valence-electron chi connectivity index (χ2n) is 9.04. The van der Waals surface area contributed by atoms with E-state index in [1.807, 2.05) is 50.2 Å². The molecule has 1 aliphatic carbocycles. The second-order valence-corrected chi connectivity index (χ2v) is 9.04. The highest BCUT2D eigenvalue weighted by Gasteiger charge is 2.46. The third kappa shape index (κ3) is 3.92. The number of aliphatic hydroxyl groups excluding tert-OH is 1. The van der Waals surface area contributed by atoms with Crippen molar-refractivity contribution < 1.29 is 24.2 Å². The number of ether oxygens (including phenoxy) is 1. The third-order valence-electron chi connectivity index (χ3n) is 7.11. The van der Waals surface area contributed by atoms with Gasteiger partial charge in [0.25, 0.3) is 0 Å². The summed E-state index contributed by atoms with van der Waals surface area (Å²) in [6, 6.07) is 11.7. The maximum absolute atomic E-state index is 13.9. The standard InChI is InChI=1S/C26H31N3O5/c1-4-15(2)22(25(32)28-13-12-21(30)23(28)24(27)31)29(26(33)34-3)20-11-7-10-18-17-9-6-5-8-16(17)14-19(18)20/h5-11,15,21-23,30H,4,12-14H2,1-3H3,(H2,27,31)/t15-,21-,22-,23-/m0/s1. The van der Waals surface area contributed by atoms with Crippen LogP contribution in [0.15, 0.2) is 42.5 Å². The number of carbonyl (C=O) groups is 3. The molecule has 0 aromatic heterocycles. The van der Waals surface area contributed by atoms with Gasteiger partial charge in [0.2, 0.25) is 11.8 Å². The highest BCUT2D eigenvalue weighted by atomic mass is 16.5. The van der Waals surface area contributed by atoms with Crippen molar-refractivity contribution in [3.05, 3.63) is 53.6 Å². The number of amides is 3. The molecule has 3 amide bonds. The van der Waals surface area contributed by atoms with E-state index < -0.39 is 36.1 Å². The number of rotatable bonds is 6. The number of likely N-dealkylation sites (tertiary alicyclic amines) is 1. The minimum absolute atomic E-state index is 0.188. The van der Waals surface area contributed by atoms with Crippen molar-refractivity contribution in [3.8, 4) is 11.1 Å². The summed E-state index contributed by atoms with van der Waals surface area (Å²) in [4.78, 5) is 42.0. The zero-order valence-corrected chi connectivity index (χ0v) is 19.7. The molecule has 34 heavy (non-hydrogen) atoms. The van der Waals surface area contributed by atoms with Crippen LogP contribution in [0.2, 0.25) is 0 Å². The Bertz CT molecular complexity index is 1120. The monoisotopic (exact) mass is 465 g/mol. The van der Waals surface area contributed by atoms with Gasteiger partial charge < -0.3 is 20.5 Å². The summed E-state index contributed by atoms with van der Waals surface area (Å²) in [5.74, 6) is -1.44. The van der Waals surface area contributed by atoms with E-state index in [4.69, 9.17) is 10.5 Å². The topological polar surface area (TPSA) is 113 Å². The molecule has 3 N–H and O–H groups in total. The Morgan fingerprint density at radius 3 is 2.56 bits per heavy atom. The average Bonchev–Trinajstić information content (AvgIpc) is 3.41. The molecule has 4 atom stereocenters. The molecule has 2 aromatic rings. The molecule has 1 fully saturated rings. The Morgan fingerprint density at radius 2 is 1.88 bits per heavy atom. The van der Waals surface area contributed by atoms with Crippen LogP contribution in [0.5, 0.6) is 0 Å². The Balaban J connectivity index is 1.82. The molecule has 8 heteroatoms. The van der Waals surface area contributed by atoms with Gasteiger partial charge in [-0.05, 0) is 40.7 Å². The SMILES string of the molecule is CC[C@H](C)[C@@H](C(=O)N1CC[C@H](O)[C@H]1C(N)=O)N(C(=O)OC)c1cccc2c1Cc1ccccc1-2. The minimum Gasteiger partial charge on any atom is -0.452 e. The fraction of sp³-hybridized carbons (Fsp3) is 0.423. The number of benzene rings is 2. The molecule has 0 bridgehead atoms. The van der Waals surface area contributed by atoms with Gasteiger partial charge in [-0.25, -0.2) is 4.79 Å². The number of nitrogens with zero attached hydrogens (tertiary/aromatic N) is 2. The Kier molecular flexibility index (Phi) is 6.61. The molecular formula is C26H31N3O5. The van der Waals surface area contributed by atoms with Crippen LogP contribution in [0.3, 0.4) is 0 Å². The second kappa shape index (κ2) is 9.46.